The van der Waals surface area contributed by atoms with Crippen molar-refractivity contribution in [3.63, 3.8) is 0 Å². The molecule has 1 amide bonds. The number of rotatable bonds is 4. The van der Waals surface area contributed by atoms with Crippen LogP contribution in [0.15, 0.2) is 30.3 Å². The molecule has 0 bridgehead atoms. The van der Waals surface area contributed by atoms with E-state index in [4.69, 9.17) is 9.47 Å². The Hall–Kier alpha value is -0.687. The van der Waals surface area contributed by atoms with Gasteiger partial charge in [0.05, 0.1) is 0 Å². The van der Waals surface area contributed by atoms with Gasteiger partial charge in [-0.05, 0) is 26.3 Å². The predicted octanol–water partition coefficient (Wildman–Crippen LogP) is 3.34. The van der Waals surface area contributed by atoms with Crippen molar-refractivity contribution < 1.29 is 33.9 Å². The number of hydrogen-bond acceptors (Lipinski definition) is 4. The first-order valence-electron chi connectivity index (χ1n) is 6.58. The van der Waals surface area contributed by atoms with Gasteiger partial charge >= 0.3 is 40.6 Å². The summed E-state index contributed by atoms with van der Waals surface area (Å²) in [5.74, 6) is -0.611. The van der Waals surface area contributed by atoms with Crippen LogP contribution >= 0.6 is 19.8 Å². The second kappa shape index (κ2) is 10.9. The van der Waals surface area contributed by atoms with Crippen molar-refractivity contribution >= 4 is 31.8 Å². The molecule has 0 saturated carbocycles. The fourth-order valence-corrected chi connectivity index (χ4v) is 1.34. The van der Waals surface area contributed by atoms with Gasteiger partial charge in [-0.25, -0.2) is 4.79 Å². The van der Waals surface area contributed by atoms with Gasteiger partial charge in [-0.3, -0.25) is 4.79 Å². The first-order valence-corrected chi connectivity index (χ1v) is 15.6. The Morgan fingerprint density at radius 2 is 1.82 bits per heavy atom. The molecule has 1 aromatic carbocycles. The Kier molecular flexibility index (Phi) is 10.6. The Balaban J connectivity index is 0.00000211. The van der Waals surface area contributed by atoms with Crippen molar-refractivity contribution in [3.8, 4) is 0 Å². The molecule has 0 radical (unpaired) electrons. The zero-order valence-corrected chi connectivity index (χ0v) is 18.2. The van der Waals surface area contributed by atoms with E-state index in [-0.39, 0.29) is 6.61 Å². The van der Waals surface area contributed by atoms with E-state index in [9.17, 15) is 9.59 Å². The van der Waals surface area contributed by atoms with E-state index in [0.29, 0.717) is 0 Å². The van der Waals surface area contributed by atoms with Gasteiger partial charge in [-0.15, -0.1) is 0 Å². The minimum absolute atomic E-state index is 0.141. The molecule has 0 fully saturated rings. The molecule has 0 aliphatic carbocycles. The summed E-state index contributed by atoms with van der Waals surface area (Å²) in [6.07, 6.45) is -0.700. The second-order valence-electron chi connectivity index (χ2n) is 5.29. The minimum atomic E-state index is -1.01. The topological polar surface area (TPSA) is 64.6 Å². The standard InChI is InChI=1S/C15H20NO4.HI.Zn/c1-11(16-14(18)20-15(2,3)4)13(17)19-10-12-8-6-5-7-9-12;;/h5-9,11H,1,10H2,2-4H3,(H,16,18);1H;/q-1;;+2/p-1. The summed E-state index contributed by atoms with van der Waals surface area (Å²) < 4.78 is 10.1. The average molecular weight is 471 g/mol. The Morgan fingerprint density at radius 3 is 2.32 bits per heavy atom. The second-order valence-corrected chi connectivity index (χ2v) is 5.29. The first-order chi connectivity index (χ1) is 10.3. The van der Waals surface area contributed by atoms with E-state index < -0.39 is 23.7 Å². The summed E-state index contributed by atoms with van der Waals surface area (Å²) in [4.78, 5) is 23.1. The van der Waals surface area contributed by atoms with Crippen LogP contribution in [0.3, 0.4) is 0 Å². The van der Waals surface area contributed by atoms with Crippen LogP contribution in [0, 0.1) is 6.92 Å². The number of hydrogen-bond donors (Lipinski definition) is 1. The van der Waals surface area contributed by atoms with Crippen molar-refractivity contribution in [2.24, 2.45) is 0 Å². The molecule has 0 aromatic heterocycles. The van der Waals surface area contributed by atoms with Crippen molar-refractivity contribution in [1.29, 1.82) is 0 Å². The van der Waals surface area contributed by atoms with Gasteiger partial charge in [-0.2, -0.15) is 0 Å². The van der Waals surface area contributed by atoms with Crippen LogP contribution in [0.5, 0.6) is 0 Å². The number of ether oxygens (including phenoxy) is 2. The molecule has 1 aromatic rings. The van der Waals surface area contributed by atoms with Crippen LogP contribution in [0.1, 0.15) is 26.3 Å². The third-order valence-corrected chi connectivity index (χ3v) is 2.20. The molecule has 1 N–H and O–H groups in total. The summed E-state index contributed by atoms with van der Waals surface area (Å²) in [6, 6.07) is 8.25. The summed E-state index contributed by atoms with van der Waals surface area (Å²) in [6.45, 7) is 8.88. The molecule has 0 spiro atoms. The molecule has 0 aliphatic heterocycles. The molecule has 0 heterocycles. The number of amides is 1. The summed E-state index contributed by atoms with van der Waals surface area (Å²) in [7, 11) is 0. The molecule has 0 aliphatic rings. The van der Waals surface area contributed by atoms with Gasteiger partial charge in [0.25, 0.3) is 5.97 Å². The Labute approximate surface area is 152 Å². The molecule has 5 nitrogen and oxygen atoms in total. The summed E-state index contributed by atoms with van der Waals surface area (Å²) >= 11 is 3.62. The number of benzene rings is 1. The van der Waals surface area contributed by atoms with E-state index in [2.05, 4.69) is 32.0 Å². The number of esters is 1. The molecule has 7 heteroatoms. The van der Waals surface area contributed by atoms with Crippen LogP contribution in [-0.2, 0) is 35.7 Å². The molecule has 22 heavy (non-hydrogen) atoms. The number of halogens is 1. The van der Waals surface area contributed by atoms with Crippen molar-refractivity contribution in [2.75, 3.05) is 0 Å². The van der Waals surface area contributed by atoms with Crippen LogP contribution in [-0.4, -0.2) is 23.7 Å². The van der Waals surface area contributed by atoms with Gasteiger partial charge in [0.1, 0.15) is 12.2 Å². The maximum atomic E-state index is 11.7. The van der Waals surface area contributed by atoms with Crippen molar-refractivity contribution in [2.45, 2.75) is 39.0 Å². The van der Waals surface area contributed by atoms with Crippen molar-refractivity contribution in [1.82, 2.24) is 5.32 Å². The molecule has 1 unspecified atom stereocenters. The van der Waals surface area contributed by atoms with E-state index in [1.54, 1.807) is 20.8 Å². The number of alkyl carbamates (subject to hydrolysis) is 1. The van der Waals surface area contributed by atoms with E-state index in [1.165, 1.54) is 14.8 Å². The predicted molar refractivity (Wildman–Crippen MR) is 88.8 cm³/mol. The zero-order valence-electron chi connectivity index (χ0n) is 13.1. The molecule has 1 atom stereocenters. The van der Waals surface area contributed by atoms with Crippen LogP contribution in [0.2, 0.25) is 0 Å². The van der Waals surface area contributed by atoms with Gasteiger partial charge in [0.2, 0.25) is 0 Å². The summed E-state index contributed by atoms with van der Waals surface area (Å²) in [5.41, 5.74) is 0.239. The van der Waals surface area contributed by atoms with Crippen LogP contribution in [0.25, 0.3) is 0 Å². The fraction of sp³-hybridized carbons (Fsp3) is 0.400. The molecule has 0 saturated heterocycles. The number of carbonyl (C=O) groups excluding carboxylic acids is 2. The normalized spacial score (nSPS) is 11.6. The maximum absolute atomic E-state index is 11.7. The first kappa shape index (κ1) is 21.3. The van der Waals surface area contributed by atoms with Gasteiger partial charge < -0.3 is 21.7 Å². The third kappa shape index (κ3) is 10.1. The average Bonchev–Trinajstić information content (AvgIpc) is 2.45. The molecular weight excluding hydrogens is 450 g/mol. The van der Waals surface area contributed by atoms with Gasteiger partial charge in [0.15, 0.2) is 0 Å². The Morgan fingerprint density at radius 1 is 1.27 bits per heavy atom. The van der Waals surface area contributed by atoms with E-state index >= 15 is 0 Å². The number of nitrogens with one attached hydrogen (secondary N) is 1. The molecular formula is C15H20INO4Zn. The molecule has 118 valence electrons. The molecule has 1 rings (SSSR count). The van der Waals surface area contributed by atoms with E-state index in [1.807, 2.05) is 30.3 Å². The third-order valence-electron chi connectivity index (χ3n) is 2.20. The fourth-order valence-electron chi connectivity index (χ4n) is 1.34. The number of carbonyl (C=O) groups is 2. The quantitative estimate of drug-likeness (QED) is 0.317. The van der Waals surface area contributed by atoms with Gasteiger partial charge in [-0.1, -0.05) is 30.3 Å². The zero-order chi connectivity index (χ0) is 17.2. The van der Waals surface area contributed by atoms with Crippen LogP contribution in [0.4, 0.5) is 4.79 Å². The monoisotopic (exact) mass is 469 g/mol. The van der Waals surface area contributed by atoms with Gasteiger partial charge in [0, 0.05) is 6.04 Å². The summed E-state index contributed by atoms with van der Waals surface area (Å²) in [5, 5.41) is 2.33. The van der Waals surface area contributed by atoms with E-state index in [0.717, 1.165) is 5.56 Å². The Bertz CT molecular complexity index is 462. The van der Waals surface area contributed by atoms with Crippen LogP contribution < -0.4 is 5.32 Å². The van der Waals surface area contributed by atoms with Crippen molar-refractivity contribution in [3.05, 3.63) is 42.8 Å². The SMILES string of the molecule is [CH2-]C(NC(=O)OC(C)(C)C)C(=O)OCc1ccccc1.[Zn+][I].